The van der Waals surface area contributed by atoms with Crippen LogP contribution in [-0.2, 0) is 23.2 Å². The van der Waals surface area contributed by atoms with Gasteiger partial charge in [0.1, 0.15) is 29.3 Å². The van der Waals surface area contributed by atoms with E-state index < -0.39 is 5.41 Å². The first-order valence-electron chi connectivity index (χ1n) is 9.76. The zero-order chi connectivity index (χ0) is 19.6. The lowest BCUT2D eigenvalue weighted by Crippen LogP contribution is -2.42. The average molecular weight is 387 g/mol. The van der Waals surface area contributed by atoms with E-state index in [2.05, 4.69) is 6.07 Å². The van der Waals surface area contributed by atoms with E-state index >= 15 is 0 Å². The highest BCUT2D eigenvalue weighted by atomic mass is 19.1. The standard InChI is InChI=1S/C24H18FNO3/c25-17-7-5-15(6-8-17)13-26-20-4-2-1-3-18(20)24(23(26)27)14-29-22-12-21-16(9-10-28-21)11-19(22)24/h1-8,11-12H,9-10,13-14H2. The molecule has 144 valence electrons. The lowest BCUT2D eigenvalue weighted by atomic mass is 9.76. The molecule has 3 aliphatic rings. The summed E-state index contributed by atoms with van der Waals surface area (Å²) in [6.45, 7) is 1.33. The molecule has 0 N–H and O–H groups in total. The third-order valence-electron chi connectivity index (χ3n) is 6.21. The Morgan fingerprint density at radius 2 is 1.79 bits per heavy atom. The van der Waals surface area contributed by atoms with Gasteiger partial charge in [-0.2, -0.15) is 0 Å². The Morgan fingerprint density at radius 3 is 2.66 bits per heavy atom. The molecule has 1 spiro atoms. The first-order chi connectivity index (χ1) is 14.2. The number of amides is 1. The molecule has 29 heavy (non-hydrogen) atoms. The average Bonchev–Trinajstić information content (AvgIpc) is 3.41. The number of hydrogen-bond donors (Lipinski definition) is 0. The molecule has 0 aliphatic carbocycles. The zero-order valence-corrected chi connectivity index (χ0v) is 15.7. The van der Waals surface area contributed by atoms with E-state index in [1.807, 2.05) is 30.3 Å². The number of carbonyl (C=O) groups is 1. The van der Waals surface area contributed by atoms with E-state index in [0.29, 0.717) is 13.2 Å². The number of anilines is 1. The van der Waals surface area contributed by atoms with Crippen LogP contribution in [0.2, 0.25) is 0 Å². The Balaban J connectivity index is 1.49. The van der Waals surface area contributed by atoms with Gasteiger partial charge in [-0.15, -0.1) is 0 Å². The van der Waals surface area contributed by atoms with Crippen LogP contribution < -0.4 is 14.4 Å². The summed E-state index contributed by atoms with van der Waals surface area (Å²) in [4.78, 5) is 15.7. The molecule has 0 saturated heterocycles. The van der Waals surface area contributed by atoms with E-state index in [4.69, 9.17) is 9.47 Å². The zero-order valence-electron chi connectivity index (χ0n) is 15.7. The summed E-state index contributed by atoms with van der Waals surface area (Å²) in [5.74, 6) is 1.29. The highest BCUT2D eigenvalue weighted by Crippen LogP contribution is 2.54. The monoisotopic (exact) mass is 387 g/mol. The SMILES string of the molecule is O=C1N(Cc2ccc(F)cc2)c2ccccc2C12COc1cc3c(cc12)CCO3. The summed E-state index contributed by atoms with van der Waals surface area (Å²) in [6, 6.07) is 18.2. The van der Waals surface area contributed by atoms with Gasteiger partial charge < -0.3 is 14.4 Å². The van der Waals surface area contributed by atoms with Crippen LogP contribution >= 0.6 is 0 Å². The molecule has 4 nitrogen and oxygen atoms in total. The minimum Gasteiger partial charge on any atom is -0.493 e. The van der Waals surface area contributed by atoms with Crippen molar-refractivity contribution in [2.45, 2.75) is 18.4 Å². The van der Waals surface area contributed by atoms with Gasteiger partial charge in [0, 0.05) is 23.7 Å². The Labute approximate surface area is 167 Å². The van der Waals surface area contributed by atoms with Crippen LogP contribution in [0.3, 0.4) is 0 Å². The summed E-state index contributed by atoms with van der Waals surface area (Å²) in [7, 11) is 0. The largest absolute Gasteiger partial charge is 0.493 e. The highest BCUT2D eigenvalue weighted by molar-refractivity contribution is 6.11. The summed E-state index contributed by atoms with van der Waals surface area (Å²) in [5.41, 5.74) is 3.92. The number of carbonyl (C=O) groups excluding carboxylic acids is 1. The minimum absolute atomic E-state index is 0.000593. The molecular weight excluding hydrogens is 369 g/mol. The Kier molecular flexibility index (Phi) is 3.34. The first kappa shape index (κ1) is 16.6. The summed E-state index contributed by atoms with van der Waals surface area (Å²) in [6.07, 6.45) is 0.841. The van der Waals surface area contributed by atoms with Gasteiger partial charge in [0.15, 0.2) is 0 Å². The Morgan fingerprint density at radius 1 is 0.966 bits per heavy atom. The van der Waals surface area contributed by atoms with Gasteiger partial charge in [0.05, 0.1) is 13.2 Å². The van der Waals surface area contributed by atoms with E-state index in [9.17, 15) is 9.18 Å². The molecule has 1 unspecified atom stereocenters. The third-order valence-corrected chi connectivity index (χ3v) is 6.21. The smallest absolute Gasteiger partial charge is 0.246 e. The maximum atomic E-state index is 13.9. The maximum absolute atomic E-state index is 13.9. The number of nitrogens with zero attached hydrogens (tertiary/aromatic N) is 1. The van der Waals surface area contributed by atoms with Crippen LogP contribution in [-0.4, -0.2) is 19.1 Å². The van der Waals surface area contributed by atoms with Crippen molar-refractivity contribution in [3.8, 4) is 11.5 Å². The molecular formula is C24H18FNO3. The second-order valence-corrected chi connectivity index (χ2v) is 7.78. The van der Waals surface area contributed by atoms with Crippen molar-refractivity contribution >= 4 is 11.6 Å². The van der Waals surface area contributed by atoms with Gasteiger partial charge in [0.2, 0.25) is 5.91 Å². The maximum Gasteiger partial charge on any atom is 0.246 e. The molecule has 0 radical (unpaired) electrons. The summed E-state index contributed by atoms with van der Waals surface area (Å²) >= 11 is 0. The molecule has 6 rings (SSSR count). The van der Waals surface area contributed by atoms with Crippen LogP contribution in [0.25, 0.3) is 0 Å². The number of fused-ring (bicyclic) bond motifs is 5. The van der Waals surface area contributed by atoms with Crippen LogP contribution in [0.15, 0.2) is 60.7 Å². The lowest BCUT2D eigenvalue weighted by Gasteiger charge is -2.23. The number of ether oxygens (including phenoxy) is 2. The molecule has 1 amide bonds. The van der Waals surface area contributed by atoms with E-state index in [-0.39, 0.29) is 18.3 Å². The van der Waals surface area contributed by atoms with Gasteiger partial charge >= 0.3 is 0 Å². The van der Waals surface area contributed by atoms with Crippen molar-refractivity contribution in [1.82, 2.24) is 0 Å². The lowest BCUT2D eigenvalue weighted by molar-refractivity contribution is -0.122. The topological polar surface area (TPSA) is 38.8 Å². The molecule has 1 atom stereocenters. The normalized spacial score (nSPS) is 21.0. The van der Waals surface area contributed by atoms with Crippen molar-refractivity contribution in [3.05, 3.63) is 88.7 Å². The number of rotatable bonds is 2. The van der Waals surface area contributed by atoms with Crippen LogP contribution in [0.5, 0.6) is 11.5 Å². The van der Waals surface area contributed by atoms with Crippen molar-refractivity contribution in [1.29, 1.82) is 0 Å². The van der Waals surface area contributed by atoms with Gasteiger partial charge in [-0.1, -0.05) is 30.3 Å². The van der Waals surface area contributed by atoms with Gasteiger partial charge in [-0.05, 0) is 41.0 Å². The van der Waals surface area contributed by atoms with Crippen LogP contribution in [0, 0.1) is 5.82 Å². The molecule has 0 fully saturated rings. The molecule has 5 heteroatoms. The van der Waals surface area contributed by atoms with Gasteiger partial charge in [0.25, 0.3) is 0 Å². The molecule has 3 aliphatic heterocycles. The predicted octanol–water partition coefficient (Wildman–Crippen LogP) is 3.99. The minimum atomic E-state index is -0.844. The van der Waals surface area contributed by atoms with E-state index in [0.717, 1.165) is 45.9 Å². The Hall–Kier alpha value is -3.34. The first-order valence-corrected chi connectivity index (χ1v) is 9.76. The predicted molar refractivity (Wildman–Crippen MR) is 106 cm³/mol. The van der Waals surface area contributed by atoms with E-state index in [1.54, 1.807) is 17.0 Å². The fourth-order valence-corrected chi connectivity index (χ4v) is 4.78. The highest BCUT2D eigenvalue weighted by Gasteiger charge is 2.57. The van der Waals surface area contributed by atoms with E-state index in [1.165, 1.54) is 12.1 Å². The fourth-order valence-electron chi connectivity index (χ4n) is 4.78. The second kappa shape index (κ2) is 5.83. The Bertz CT molecular complexity index is 1160. The van der Waals surface area contributed by atoms with Crippen LogP contribution in [0.1, 0.15) is 22.3 Å². The summed E-state index contributed by atoms with van der Waals surface area (Å²) < 4.78 is 25.0. The van der Waals surface area contributed by atoms with Crippen LogP contribution in [0.4, 0.5) is 10.1 Å². The van der Waals surface area contributed by atoms with Crippen molar-refractivity contribution in [2.75, 3.05) is 18.1 Å². The molecule has 3 aromatic rings. The molecule has 3 heterocycles. The third kappa shape index (κ3) is 2.21. The summed E-state index contributed by atoms with van der Waals surface area (Å²) in [5, 5.41) is 0. The van der Waals surface area contributed by atoms with Gasteiger partial charge in [-0.3, -0.25) is 4.79 Å². The molecule has 0 aromatic heterocycles. The van der Waals surface area contributed by atoms with Crippen molar-refractivity contribution < 1.29 is 18.7 Å². The molecule has 3 aromatic carbocycles. The number of para-hydroxylation sites is 1. The van der Waals surface area contributed by atoms with Gasteiger partial charge in [-0.25, -0.2) is 4.39 Å². The van der Waals surface area contributed by atoms with Crippen molar-refractivity contribution in [2.24, 2.45) is 0 Å². The number of hydrogen-bond acceptors (Lipinski definition) is 3. The fraction of sp³-hybridized carbons (Fsp3) is 0.208. The number of halogens is 1. The van der Waals surface area contributed by atoms with Crippen molar-refractivity contribution in [3.63, 3.8) is 0 Å². The number of benzene rings is 3. The second-order valence-electron chi connectivity index (χ2n) is 7.78. The molecule has 0 saturated carbocycles. The quantitative estimate of drug-likeness (QED) is 0.668. The molecule has 0 bridgehead atoms.